The van der Waals surface area contributed by atoms with Crippen molar-refractivity contribution in [3.63, 3.8) is 0 Å². The number of rotatable bonds is 4. The van der Waals surface area contributed by atoms with Gasteiger partial charge in [-0.15, -0.1) is 0 Å². The van der Waals surface area contributed by atoms with E-state index in [0.29, 0.717) is 13.0 Å². The number of aryl methyl sites for hydroxylation is 2. The Morgan fingerprint density at radius 2 is 2.06 bits per heavy atom. The van der Waals surface area contributed by atoms with E-state index >= 15 is 0 Å². The third kappa shape index (κ3) is 3.23. The second-order valence-electron chi connectivity index (χ2n) is 4.74. The van der Waals surface area contributed by atoms with E-state index in [1.807, 2.05) is 6.07 Å². The van der Waals surface area contributed by atoms with Crippen molar-refractivity contribution in [1.29, 1.82) is 0 Å². The highest BCUT2D eigenvalue weighted by atomic mass is 16.5. The van der Waals surface area contributed by atoms with E-state index in [0.717, 1.165) is 17.2 Å². The Labute approximate surface area is 108 Å². The molecule has 4 heteroatoms. The number of carbonyl (C=O) groups excluding carboxylic acids is 1. The van der Waals surface area contributed by atoms with Crippen LogP contribution < -0.4 is 10.6 Å². The van der Waals surface area contributed by atoms with Gasteiger partial charge in [0.2, 0.25) is 5.91 Å². The molecule has 0 saturated heterocycles. The van der Waals surface area contributed by atoms with Crippen LogP contribution in [0.15, 0.2) is 18.2 Å². The molecule has 1 aromatic rings. The Bertz CT molecular complexity index is 430. The van der Waals surface area contributed by atoms with Gasteiger partial charge >= 0.3 is 0 Å². The first kappa shape index (κ1) is 12.9. The van der Waals surface area contributed by atoms with E-state index in [1.165, 1.54) is 30.4 Å². The molecule has 98 valence electrons. The van der Waals surface area contributed by atoms with Crippen LogP contribution in [0.25, 0.3) is 0 Å². The van der Waals surface area contributed by atoms with Gasteiger partial charge in [0, 0.05) is 7.05 Å². The quantitative estimate of drug-likeness (QED) is 0.501. The average molecular weight is 248 g/mol. The summed E-state index contributed by atoms with van der Waals surface area (Å²) in [6.45, 7) is 0.374. The van der Waals surface area contributed by atoms with E-state index in [2.05, 4.69) is 12.1 Å². The van der Waals surface area contributed by atoms with Crippen LogP contribution in [0, 0.1) is 0 Å². The molecule has 2 N–H and O–H groups in total. The maximum absolute atomic E-state index is 11.3. The lowest BCUT2D eigenvalue weighted by Crippen LogP contribution is -2.33. The number of nitrogens with two attached hydrogens (primary N) is 1. The molecule has 0 atom stereocenters. The smallest absolute Gasteiger partial charge is 0.239 e. The molecule has 1 aliphatic rings. The van der Waals surface area contributed by atoms with Crippen molar-refractivity contribution in [3.8, 4) is 5.75 Å². The third-order valence-corrected chi connectivity index (χ3v) is 3.30. The second kappa shape index (κ2) is 5.87. The first-order chi connectivity index (χ1) is 8.66. The van der Waals surface area contributed by atoms with E-state index in [-0.39, 0.29) is 5.91 Å². The number of carbonyl (C=O) groups is 1. The van der Waals surface area contributed by atoms with Gasteiger partial charge in [-0.2, -0.15) is 0 Å². The fourth-order valence-electron chi connectivity index (χ4n) is 2.23. The minimum Gasteiger partial charge on any atom is -0.493 e. The molecule has 1 aromatic carbocycles. The molecule has 18 heavy (non-hydrogen) atoms. The van der Waals surface area contributed by atoms with Crippen molar-refractivity contribution in [2.24, 2.45) is 5.84 Å². The Hall–Kier alpha value is -1.55. The van der Waals surface area contributed by atoms with Crippen LogP contribution in [0.1, 0.15) is 30.4 Å². The van der Waals surface area contributed by atoms with Crippen molar-refractivity contribution in [1.82, 2.24) is 5.01 Å². The van der Waals surface area contributed by atoms with Gasteiger partial charge < -0.3 is 4.74 Å². The molecule has 1 amide bonds. The van der Waals surface area contributed by atoms with Crippen LogP contribution in [0.5, 0.6) is 5.75 Å². The lowest BCUT2D eigenvalue weighted by Gasteiger charge is -2.17. The first-order valence-electron chi connectivity index (χ1n) is 6.42. The molecule has 2 rings (SSSR count). The number of nitrogens with zero attached hydrogens (tertiary/aromatic N) is 1. The molecule has 0 heterocycles. The Kier molecular flexibility index (Phi) is 4.20. The molecular weight excluding hydrogens is 228 g/mol. The number of hydrogen-bond acceptors (Lipinski definition) is 3. The zero-order chi connectivity index (χ0) is 13.0. The number of amides is 1. The lowest BCUT2D eigenvalue weighted by atomic mass is 9.92. The van der Waals surface area contributed by atoms with Gasteiger partial charge in [0.25, 0.3) is 0 Å². The number of ether oxygens (including phenoxy) is 1. The maximum atomic E-state index is 11.3. The normalized spacial score (nSPS) is 13.9. The van der Waals surface area contributed by atoms with E-state index in [1.54, 1.807) is 7.05 Å². The Morgan fingerprint density at radius 1 is 1.33 bits per heavy atom. The average Bonchev–Trinajstić information content (AvgIpc) is 2.38. The largest absolute Gasteiger partial charge is 0.493 e. The summed E-state index contributed by atoms with van der Waals surface area (Å²) in [5.41, 5.74) is 2.83. The summed E-state index contributed by atoms with van der Waals surface area (Å²) in [4.78, 5) is 11.3. The molecular formula is C14H20N2O2. The predicted octanol–water partition coefficient (Wildman–Crippen LogP) is 1.67. The fraction of sp³-hybridized carbons (Fsp3) is 0.500. The molecule has 0 unspecified atom stereocenters. The van der Waals surface area contributed by atoms with Crippen LogP contribution in [0.4, 0.5) is 0 Å². The summed E-state index contributed by atoms with van der Waals surface area (Å²) in [7, 11) is 1.54. The summed E-state index contributed by atoms with van der Waals surface area (Å²) >= 11 is 0. The molecule has 0 fully saturated rings. The summed E-state index contributed by atoms with van der Waals surface area (Å²) < 4.78 is 5.59. The van der Waals surface area contributed by atoms with Crippen LogP contribution in [0.3, 0.4) is 0 Å². The minimum atomic E-state index is -0.118. The zero-order valence-corrected chi connectivity index (χ0v) is 10.8. The van der Waals surface area contributed by atoms with Crippen molar-refractivity contribution >= 4 is 5.91 Å². The highest BCUT2D eigenvalue weighted by molar-refractivity contribution is 5.75. The van der Waals surface area contributed by atoms with Crippen LogP contribution in [0.2, 0.25) is 0 Å². The molecule has 0 aliphatic heterocycles. The molecule has 0 aromatic heterocycles. The van der Waals surface area contributed by atoms with Gasteiger partial charge in [0.15, 0.2) is 0 Å². The summed E-state index contributed by atoms with van der Waals surface area (Å²) in [5.74, 6) is 6.07. The molecule has 4 nitrogen and oxygen atoms in total. The van der Waals surface area contributed by atoms with Crippen molar-refractivity contribution in [2.45, 2.75) is 32.1 Å². The molecule has 0 saturated carbocycles. The SMILES string of the molecule is CN(N)C(=O)CCOc1ccc2c(c1)CCCC2. The second-order valence-corrected chi connectivity index (χ2v) is 4.74. The standard InChI is InChI=1S/C14H20N2O2/c1-16(15)14(17)8-9-18-13-7-6-11-4-2-3-5-12(11)10-13/h6-7,10H,2-5,8-9,15H2,1H3. The molecule has 0 radical (unpaired) electrons. The molecule has 0 spiro atoms. The van der Waals surface area contributed by atoms with E-state index in [9.17, 15) is 4.79 Å². The van der Waals surface area contributed by atoms with Crippen molar-refractivity contribution in [2.75, 3.05) is 13.7 Å². The highest BCUT2D eigenvalue weighted by Gasteiger charge is 2.10. The molecule has 0 bridgehead atoms. The van der Waals surface area contributed by atoms with E-state index in [4.69, 9.17) is 10.6 Å². The maximum Gasteiger partial charge on any atom is 0.239 e. The first-order valence-corrected chi connectivity index (χ1v) is 6.42. The third-order valence-electron chi connectivity index (χ3n) is 3.30. The predicted molar refractivity (Wildman–Crippen MR) is 70.2 cm³/mol. The van der Waals surface area contributed by atoms with Gasteiger partial charge in [-0.1, -0.05) is 6.07 Å². The van der Waals surface area contributed by atoms with Gasteiger partial charge in [-0.05, 0) is 48.9 Å². The Morgan fingerprint density at radius 3 is 2.78 bits per heavy atom. The fourth-order valence-corrected chi connectivity index (χ4v) is 2.23. The van der Waals surface area contributed by atoms with Gasteiger partial charge in [0.1, 0.15) is 5.75 Å². The van der Waals surface area contributed by atoms with Gasteiger partial charge in [-0.25, -0.2) is 5.84 Å². The van der Waals surface area contributed by atoms with Gasteiger partial charge in [-0.3, -0.25) is 9.80 Å². The summed E-state index contributed by atoms with van der Waals surface area (Å²) in [5, 5.41) is 1.09. The topological polar surface area (TPSA) is 55.6 Å². The number of benzene rings is 1. The van der Waals surface area contributed by atoms with E-state index < -0.39 is 0 Å². The van der Waals surface area contributed by atoms with Crippen LogP contribution in [-0.4, -0.2) is 24.6 Å². The number of hydrogen-bond donors (Lipinski definition) is 1. The highest BCUT2D eigenvalue weighted by Crippen LogP contribution is 2.25. The monoisotopic (exact) mass is 248 g/mol. The number of hydrazine groups is 1. The summed E-state index contributed by atoms with van der Waals surface area (Å²) in [6.07, 6.45) is 5.16. The van der Waals surface area contributed by atoms with Gasteiger partial charge in [0.05, 0.1) is 13.0 Å². The Balaban J connectivity index is 1.88. The van der Waals surface area contributed by atoms with Crippen LogP contribution in [-0.2, 0) is 17.6 Å². The minimum absolute atomic E-state index is 0.118. The molecule has 1 aliphatic carbocycles. The lowest BCUT2D eigenvalue weighted by molar-refractivity contribution is -0.130. The van der Waals surface area contributed by atoms with Crippen molar-refractivity contribution < 1.29 is 9.53 Å². The van der Waals surface area contributed by atoms with Crippen molar-refractivity contribution in [3.05, 3.63) is 29.3 Å². The van der Waals surface area contributed by atoms with Crippen LogP contribution >= 0.6 is 0 Å². The number of fused-ring (bicyclic) bond motifs is 1. The zero-order valence-electron chi connectivity index (χ0n) is 10.8. The summed E-state index contributed by atoms with van der Waals surface area (Å²) in [6, 6.07) is 6.23.